The maximum absolute atomic E-state index is 6.26. The molecule has 7 nitrogen and oxygen atoms in total. The highest BCUT2D eigenvalue weighted by molar-refractivity contribution is 5.93. The van der Waals surface area contributed by atoms with E-state index >= 15 is 0 Å². The Morgan fingerprint density at radius 1 is 0.846 bits per heavy atom. The van der Waals surface area contributed by atoms with E-state index in [9.17, 15) is 0 Å². The van der Waals surface area contributed by atoms with Gasteiger partial charge in [0.25, 0.3) is 0 Å². The lowest BCUT2D eigenvalue weighted by molar-refractivity contribution is 1.15. The molecule has 3 aromatic heterocycles. The third-order valence-corrected chi connectivity index (χ3v) is 3.90. The Kier molecular flexibility index (Phi) is 4.03. The van der Waals surface area contributed by atoms with Crippen LogP contribution in [0, 0.1) is 6.92 Å². The normalized spacial score (nSPS) is 10.7. The molecule has 0 saturated heterocycles. The fraction of sp³-hybridized carbons (Fsp3) is 0.0526. The summed E-state index contributed by atoms with van der Waals surface area (Å²) in [5, 5.41) is 7.42. The van der Waals surface area contributed by atoms with Crippen molar-refractivity contribution in [3.05, 3.63) is 66.7 Å². The molecule has 0 fully saturated rings. The molecule has 4 aromatic rings. The Balaban J connectivity index is 1.67. The van der Waals surface area contributed by atoms with Crippen molar-refractivity contribution >= 4 is 39.7 Å². The Bertz CT molecular complexity index is 1070. The third-order valence-electron chi connectivity index (χ3n) is 3.90. The maximum atomic E-state index is 6.26. The molecule has 0 amide bonds. The molecule has 3 heterocycles. The first-order valence-corrected chi connectivity index (χ1v) is 8.12. The second-order valence-corrected chi connectivity index (χ2v) is 5.78. The van der Waals surface area contributed by atoms with Crippen molar-refractivity contribution in [1.29, 1.82) is 0 Å². The van der Waals surface area contributed by atoms with E-state index < -0.39 is 0 Å². The molecule has 4 rings (SSSR count). The second kappa shape index (κ2) is 6.64. The van der Waals surface area contributed by atoms with Crippen LogP contribution < -0.4 is 16.4 Å². The van der Waals surface area contributed by atoms with E-state index in [2.05, 4.69) is 30.6 Å². The highest BCUT2D eigenvalue weighted by Crippen LogP contribution is 2.30. The van der Waals surface area contributed by atoms with Gasteiger partial charge in [-0.3, -0.25) is 4.98 Å². The molecule has 0 bridgehead atoms. The van der Waals surface area contributed by atoms with E-state index in [0.29, 0.717) is 23.1 Å². The molecule has 0 aliphatic rings. The number of nitrogens with one attached hydrogen (secondary N) is 2. The zero-order valence-electron chi connectivity index (χ0n) is 14.1. The zero-order chi connectivity index (χ0) is 17.9. The lowest BCUT2D eigenvalue weighted by Crippen LogP contribution is -2.06. The van der Waals surface area contributed by atoms with Gasteiger partial charge in [-0.2, -0.15) is 0 Å². The highest BCUT2D eigenvalue weighted by atomic mass is 15.1. The number of rotatable bonds is 4. The van der Waals surface area contributed by atoms with Gasteiger partial charge in [0.1, 0.15) is 17.8 Å². The van der Waals surface area contributed by atoms with Gasteiger partial charge in [0.15, 0.2) is 11.6 Å². The van der Waals surface area contributed by atoms with Gasteiger partial charge in [0.2, 0.25) is 0 Å². The van der Waals surface area contributed by atoms with Gasteiger partial charge in [-0.05, 0) is 31.2 Å². The number of para-hydroxylation sites is 1. The predicted octanol–water partition coefficient (Wildman–Crippen LogP) is 3.80. The molecule has 0 aliphatic carbocycles. The summed E-state index contributed by atoms with van der Waals surface area (Å²) in [4.78, 5) is 17.3. The number of fused-ring (bicyclic) bond motifs is 1. The molecular weight excluding hydrogens is 326 g/mol. The minimum atomic E-state index is 0.406. The van der Waals surface area contributed by atoms with E-state index in [1.807, 2.05) is 55.5 Å². The zero-order valence-corrected chi connectivity index (χ0v) is 14.1. The minimum Gasteiger partial charge on any atom is -0.393 e. The van der Waals surface area contributed by atoms with Gasteiger partial charge < -0.3 is 16.4 Å². The number of aryl methyl sites for hydroxylation is 1. The molecule has 0 atom stereocenters. The van der Waals surface area contributed by atoms with E-state index in [1.54, 1.807) is 6.20 Å². The third kappa shape index (κ3) is 3.10. The molecule has 0 aliphatic heterocycles. The quantitative estimate of drug-likeness (QED) is 0.518. The Labute approximate surface area is 150 Å². The number of aromatic nitrogens is 4. The monoisotopic (exact) mass is 343 g/mol. The van der Waals surface area contributed by atoms with Crippen LogP contribution in [0.4, 0.5) is 28.8 Å². The smallest absolute Gasteiger partial charge is 0.160 e. The number of anilines is 5. The standard InChI is InChI=1S/C19H17N7/c1-12-5-2-9-15(24-12)26-19-16(20)18(22-11-23-19)25-14-8-3-6-13-7-4-10-21-17(13)14/h2-11H,20H2,1H3,(H2,22,23,24,25,26). The van der Waals surface area contributed by atoms with Gasteiger partial charge in [0.05, 0.1) is 11.2 Å². The summed E-state index contributed by atoms with van der Waals surface area (Å²) in [5.74, 6) is 1.68. The number of hydrogen-bond donors (Lipinski definition) is 3. The number of benzene rings is 1. The van der Waals surface area contributed by atoms with Crippen LogP contribution in [0.1, 0.15) is 5.69 Å². The van der Waals surface area contributed by atoms with E-state index in [-0.39, 0.29) is 0 Å². The molecule has 4 N–H and O–H groups in total. The second-order valence-electron chi connectivity index (χ2n) is 5.78. The van der Waals surface area contributed by atoms with Crippen LogP contribution in [0.15, 0.2) is 61.1 Å². The van der Waals surface area contributed by atoms with Gasteiger partial charge >= 0.3 is 0 Å². The van der Waals surface area contributed by atoms with Crippen molar-refractivity contribution in [2.75, 3.05) is 16.4 Å². The van der Waals surface area contributed by atoms with Crippen LogP contribution >= 0.6 is 0 Å². The molecule has 1 aromatic carbocycles. The van der Waals surface area contributed by atoms with E-state index in [4.69, 9.17) is 5.73 Å². The van der Waals surface area contributed by atoms with Crippen LogP contribution in [-0.2, 0) is 0 Å². The Morgan fingerprint density at radius 3 is 2.46 bits per heavy atom. The lowest BCUT2D eigenvalue weighted by Gasteiger charge is -2.13. The Morgan fingerprint density at radius 2 is 1.62 bits per heavy atom. The first-order chi connectivity index (χ1) is 12.7. The fourth-order valence-corrected chi connectivity index (χ4v) is 2.66. The Hall–Kier alpha value is -3.74. The molecule has 0 spiro atoms. The number of nitrogens with zero attached hydrogens (tertiary/aromatic N) is 4. The SMILES string of the molecule is Cc1cccc(Nc2ncnc(Nc3cccc4cccnc34)c2N)n1. The summed E-state index contributed by atoms with van der Waals surface area (Å²) in [6, 6.07) is 15.5. The van der Waals surface area contributed by atoms with Crippen LogP contribution in [-0.4, -0.2) is 19.9 Å². The molecule has 0 radical (unpaired) electrons. The molecule has 26 heavy (non-hydrogen) atoms. The number of pyridine rings is 2. The first-order valence-electron chi connectivity index (χ1n) is 8.12. The van der Waals surface area contributed by atoms with E-state index in [1.165, 1.54) is 6.33 Å². The van der Waals surface area contributed by atoms with Crippen molar-refractivity contribution < 1.29 is 0 Å². The van der Waals surface area contributed by atoms with Crippen molar-refractivity contribution in [3.8, 4) is 0 Å². The topological polar surface area (TPSA) is 102 Å². The maximum Gasteiger partial charge on any atom is 0.160 e. The van der Waals surface area contributed by atoms with Crippen molar-refractivity contribution in [2.45, 2.75) is 6.92 Å². The van der Waals surface area contributed by atoms with Crippen LogP contribution in [0.3, 0.4) is 0 Å². The molecule has 7 heteroatoms. The summed E-state index contributed by atoms with van der Waals surface area (Å²) in [6.45, 7) is 1.93. The molecule has 0 unspecified atom stereocenters. The van der Waals surface area contributed by atoms with Crippen molar-refractivity contribution in [2.24, 2.45) is 0 Å². The first kappa shape index (κ1) is 15.8. The van der Waals surface area contributed by atoms with Crippen LogP contribution in [0.5, 0.6) is 0 Å². The van der Waals surface area contributed by atoms with Crippen molar-refractivity contribution in [1.82, 2.24) is 19.9 Å². The highest BCUT2D eigenvalue weighted by Gasteiger charge is 2.11. The summed E-state index contributed by atoms with van der Waals surface area (Å²) >= 11 is 0. The van der Waals surface area contributed by atoms with Gasteiger partial charge in [-0.15, -0.1) is 0 Å². The van der Waals surface area contributed by atoms with Gasteiger partial charge in [0, 0.05) is 17.3 Å². The molecule has 128 valence electrons. The van der Waals surface area contributed by atoms with Crippen LogP contribution in [0.25, 0.3) is 10.9 Å². The number of nitrogen functional groups attached to an aromatic ring is 1. The van der Waals surface area contributed by atoms with Gasteiger partial charge in [-0.25, -0.2) is 15.0 Å². The summed E-state index contributed by atoms with van der Waals surface area (Å²) in [5.41, 5.74) is 9.25. The number of nitrogens with two attached hydrogens (primary N) is 1. The lowest BCUT2D eigenvalue weighted by atomic mass is 10.2. The average molecular weight is 343 g/mol. The average Bonchev–Trinajstić information content (AvgIpc) is 2.65. The number of hydrogen-bond acceptors (Lipinski definition) is 7. The molecule has 0 saturated carbocycles. The summed E-state index contributed by atoms with van der Waals surface area (Å²) in [7, 11) is 0. The molecular formula is C19H17N7. The van der Waals surface area contributed by atoms with Crippen LogP contribution in [0.2, 0.25) is 0 Å². The predicted molar refractivity (Wildman–Crippen MR) is 104 cm³/mol. The fourth-order valence-electron chi connectivity index (χ4n) is 2.66. The summed E-state index contributed by atoms with van der Waals surface area (Å²) < 4.78 is 0. The van der Waals surface area contributed by atoms with Crippen molar-refractivity contribution in [3.63, 3.8) is 0 Å². The van der Waals surface area contributed by atoms with E-state index in [0.717, 1.165) is 22.3 Å². The summed E-state index contributed by atoms with van der Waals surface area (Å²) in [6.07, 6.45) is 3.21. The minimum absolute atomic E-state index is 0.406. The van der Waals surface area contributed by atoms with Gasteiger partial charge in [-0.1, -0.05) is 24.3 Å². The largest absolute Gasteiger partial charge is 0.393 e.